The number of rotatable bonds is 3. The summed E-state index contributed by atoms with van der Waals surface area (Å²) in [6.07, 6.45) is 0.625. The molecule has 0 aliphatic heterocycles. The lowest BCUT2D eigenvalue weighted by Crippen LogP contribution is -2.02. The molecule has 0 amide bonds. The van der Waals surface area contributed by atoms with Crippen LogP contribution < -0.4 is 0 Å². The minimum absolute atomic E-state index is 0.187. The van der Waals surface area contributed by atoms with Crippen molar-refractivity contribution in [2.45, 2.75) is 6.42 Å². The van der Waals surface area contributed by atoms with Crippen LogP contribution in [0.4, 0.5) is 0 Å². The van der Waals surface area contributed by atoms with Crippen molar-refractivity contribution in [1.82, 2.24) is 0 Å². The first-order chi connectivity index (χ1) is 6.69. The van der Waals surface area contributed by atoms with E-state index >= 15 is 0 Å². The second-order valence-corrected chi connectivity index (χ2v) is 3.26. The Hall–Kier alpha value is -1.16. The molecule has 0 saturated heterocycles. The number of phenols is 1. The minimum atomic E-state index is -0.398. The van der Waals surface area contributed by atoms with E-state index in [-0.39, 0.29) is 5.75 Å². The smallest absolute Gasteiger partial charge is 0.337 e. The van der Waals surface area contributed by atoms with Gasteiger partial charge in [0.15, 0.2) is 0 Å². The van der Waals surface area contributed by atoms with Gasteiger partial charge in [0.2, 0.25) is 0 Å². The van der Waals surface area contributed by atoms with Crippen LogP contribution in [0.2, 0.25) is 0 Å². The largest absolute Gasteiger partial charge is 0.508 e. The number of thiol groups is 1. The molecule has 4 heteroatoms. The summed E-state index contributed by atoms with van der Waals surface area (Å²) in [5.41, 5.74) is 1.16. The van der Waals surface area contributed by atoms with Gasteiger partial charge in [-0.3, -0.25) is 0 Å². The molecule has 0 radical (unpaired) electrons. The van der Waals surface area contributed by atoms with Gasteiger partial charge in [-0.1, -0.05) is 0 Å². The summed E-state index contributed by atoms with van der Waals surface area (Å²) < 4.78 is 4.57. The van der Waals surface area contributed by atoms with E-state index in [0.29, 0.717) is 23.3 Å². The lowest BCUT2D eigenvalue weighted by Gasteiger charge is -2.05. The molecule has 0 spiro atoms. The fourth-order valence-corrected chi connectivity index (χ4v) is 1.39. The first kappa shape index (κ1) is 10.9. The summed E-state index contributed by atoms with van der Waals surface area (Å²) in [6.45, 7) is 0. The van der Waals surface area contributed by atoms with Crippen LogP contribution in [0.15, 0.2) is 18.2 Å². The molecule has 14 heavy (non-hydrogen) atoms. The molecule has 0 fully saturated rings. The maximum atomic E-state index is 11.2. The van der Waals surface area contributed by atoms with Crippen LogP contribution in [-0.2, 0) is 11.2 Å². The Kier molecular flexibility index (Phi) is 3.83. The predicted octanol–water partition coefficient (Wildman–Crippen LogP) is 1.65. The third-order valence-electron chi connectivity index (χ3n) is 1.88. The number of carbonyl (C=O) groups is 1. The van der Waals surface area contributed by atoms with E-state index in [2.05, 4.69) is 17.4 Å². The Labute approximate surface area is 88.1 Å². The number of hydrogen-bond acceptors (Lipinski definition) is 4. The fourth-order valence-electron chi connectivity index (χ4n) is 1.15. The van der Waals surface area contributed by atoms with Crippen LogP contribution in [0.3, 0.4) is 0 Å². The van der Waals surface area contributed by atoms with E-state index in [4.69, 9.17) is 0 Å². The molecule has 0 aromatic heterocycles. The molecule has 0 aliphatic rings. The van der Waals surface area contributed by atoms with Crippen LogP contribution in [0.1, 0.15) is 15.9 Å². The fraction of sp³-hybridized carbons (Fsp3) is 0.300. The van der Waals surface area contributed by atoms with Crippen molar-refractivity contribution in [3.05, 3.63) is 29.3 Å². The topological polar surface area (TPSA) is 46.5 Å². The van der Waals surface area contributed by atoms with Gasteiger partial charge in [0.25, 0.3) is 0 Å². The zero-order valence-electron chi connectivity index (χ0n) is 7.86. The van der Waals surface area contributed by atoms with Crippen LogP contribution >= 0.6 is 12.6 Å². The van der Waals surface area contributed by atoms with Gasteiger partial charge in [-0.15, -0.1) is 0 Å². The van der Waals surface area contributed by atoms with Gasteiger partial charge in [-0.2, -0.15) is 12.6 Å². The average molecular weight is 212 g/mol. The predicted molar refractivity (Wildman–Crippen MR) is 57.0 cm³/mol. The van der Waals surface area contributed by atoms with Crippen molar-refractivity contribution in [3.8, 4) is 5.75 Å². The zero-order chi connectivity index (χ0) is 10.6. The van der Waals surface area contributed by atoms with E-state index in [1.54, 1.807) is 6.07 Å². The molecule has 0 bridgehead atoms. The van der Waals surface area contributed by atoms with Crippen molar-refractivity contribution in [2.24, 2.45) is 0 Å². The number of ether oxygens (including phenoxy) is 1. The molecule has 1 rings (SSSR count). The van der Waals surface area contributed by atoms with E-state index in [1.807, 2.05) is 0 Å². The Morgan fingerprint density at radius 2 is 2.29 bits per heavy atom. The number of esters is 1. The molecule has 1 aromatic rings. The molecule has 0 heterocycles. The number of aromatic hydroxyl groups is 1. The highest BCUT2D eigenvalue weighted by atomic mass is 32.1. The first-order valence-corrected chi connectivity index (χ1v) is 4.83. The minimum Gasteiger partial charge on any atom is -0.508 e. The van der Waals surface area contributed by atoms with Crippen molar-refractivity contribution in [1.29, 1.82) is 0 Å². The van der Waals surface area contributed by atoms with E-state index in [1.165, 1.54) is 19.2 Å². The molecule has 3 nitrogen and oxygen atoms in total. The SMILES string of the molecule is COC(=O)c1ccc(O)c(CCS)c1. The molecule has 76 valence electrons. The van der Waals surface area contributed by atoms with Crippen LogP contribution in [0, 0.1) is 0 Å². The summed E-state index contributed by atoms with van der Waals surface area (Å²) in [4.78, 5) is 11.2. The quantitative estimate of drug-likeness (QED) is 0.591. The van der Waals surface area contributed by atoms with Crippen molar-refractivity contribution < 1.29 is 14.6 Å². The first-order valence-electron chi connectivity index (χ1n) is 4.20. The van der Waals surface area contributed by atoms with E-state index in [9.17, 15) is 9.90 Å². The molecule has 0 unspecified atom stereocenters. The van der Waals surface area contributed by atoms with Crippen molar-refractivity contribution in [2.75, 3.05) is 12.9 Å². The summed E-state index contributed by atoms with van der Waals surface area (Å²) in [7, 11) is 1.33. The van der Waals surface area contributed by atoms with Crippen LogP contribution in [0.25, 0.3) is 0 Å². The maximum absolute atomic E-state index is 11.2. The third-order valence-corrected chi connectivity index (χ3v) is 2.11. The van der Waals surface area contributed by atoms with Gasteiger partial charge in [-0.25, -0.2) is 4.79 Å². The summed E-state index contributed by atoms with van der Waals surface area (Å²) in [5.74, 6) is 0.412. The van der Waals surface area contributed by atoms with Crippen molar-refractivity contribution >= 4 is 18.6 Å². The van der Waals surface area contributed by atoms with Gasteiger partial charge in [0.1, 0.15) is 5.75 Å². The van der Waals surface area contributed by atoms with Gasteiger partial charge in [-0.05, 0) is 35.9 Å². The number of phenolic OH excluding ortho intramolecular Hbond substituents is 1. The Morgan fingerprint density at radius 1 is 1.57 bits per heavy atom. The molecule has 1 N–H and O–H groups in total. The standard InChI is InChI=1S/C10H12O3S/c1-13-10(12)8-2-3-9(11)7(6-8)4-5-14/h2-3,6,11,14H,4-5H2,1H3. The summed E-state index contributed by atoms with van der Waals surface area (Å²) >= 11 is 4.06. The Bertz CT molecular complexity index is 336. The number of hydrogen-bond donors (Lipinski definition) is 2. The van der Waals surface area contributed by atoms with E-state index in [0.717, 1.165) is 0 Å². The molecular weight excluding hydrogens is 200 g/mol. The number of benzene rings is 1. The van der Waals surface area contributed by atoms with Crippen molar-refractivity contribution in [3.63, 3.8) is 0 Å². The second-order valence-electron chi connectivity index (χ2n) is 2.81. The highest BCUT2D eigenvalue weighted by molar-refractivity contribution is 7.80. The lowest BCUT2D eigenvalue weighted by molar-refractivity contribution is 0.0600. The van der Waals surface area contributed by atoms with Gasteiger partial charge in [0, 0.05) is 0 Å². The molecular formula is C10H12O3S. The van der Waals surface area contributed by atoms with Gasteiger partial charge in [0.05, 0.1) is 12.7 Å². The zero-order valence-corrected chi connectivity index (χ0v) is 8.75. The van der Waals surface area contributed by atoms with Gasteiger partial charge < -0.3 is 9.84 Å². The Morgan fingerprint density at radius 3 is 2.86 bits per heavy atom. The summed E-state index contributed by atoms with van der Waals surface area (Å²) in [6, 6.07) is 4.64. The van der Waals surface area contributed by atoms with Crippen LogP contribution in [-0.4, -0.2) is 23.9 Å². The van der Waals surface area contributed by atoms with E-state index < -0.39 is 5.97 Å². The lowest BCUT2D eigenvalue weighted by atomic mass is 10.1. The highest BCUT2D eigenvalue weighted by Gasteiger charge is 2.08. The van der Waals surface area contributed by atoms with Crippen LogP contribution in [0.5, 0.6) is 5.75 Å². The molecule has 0 atom stereocenters. The average Bonchev–Trinajstić information content (AvgIpc) is 2.20. The highest BCUT2D eigenvalue weighted by Crippen LogP contribution is 2.19. The molecule has 0 aliphatic carbocycles. The Balaban J connectivity index is 2.99. The number of methoxy groups -OCH3 is 1. The van der Waals surface area contributed by atoms with Gasteiger partial charge >= 0.3 is 5.97 Å². The monoisotopic (exact) mass is 212 g/mol. The third kappa shape index (κ3) is 2.42. The molecule has 0 saturated carbocycles. The number of carbonyl (C=O) groups excluding carboxylic acids is 1. The summed E-state index contributed by atoms with van der Waals surface area (Å²) in [5, 5.41) is 9.43. The second kappa shape index (κ2) is 4.91. The molecule has 1 aromatic carbocycles. The maximum Gasteiger partial charge on any atom is 0.337 e. The normalized spacial score (nSPS) is 9.86. The number of aryl methyl sites for hydroxylation is 1.